The maximum Gasteiger partial charge on any atom is 0.407 e. The summed E-state index contributed by atoms with van der Waals surface area (Å²) in [7, 11) is 0. The van der Waals surface area contributed by atoms with Gasteiger partial charge in [-0.1, -0.05) is 0 Å². The van der Waals surface area contributed by atoms with E-state index < -0.39 is 17.6 Å². The number of nitrogens with zero attached hydrogens (tertiary/aromatic N) is 1. The molecule has 1 aromatic heterocycles. The van der Waals surface area contributed by atoms with Crippen molar-refractivity contribution in [1.29, 1.82) is 0 Å². The number of hydrogen-bond donors (Lipinski definition) is 2. The quantitative estimate of drug-likeness (QED) is 0.844. The summed E-state index contributed by atoms with van der Waals surface area (Å²) in [4.78, 5) is 26.2. The molecule has 0 spiro atoms. The Morgan fingerprint density at radius 1 is 1.39 bits per heavy atom. The standard InChI is InChI=1S/C12H17N3O3/c1-12(2,3)18-11(17)15-7-9-5-4-8(6-14-9)10(13)16/h4-6H,7H2,1-3H3,(H2,13,16)(H,15,17). The molecule has 0 saturated heterocycles. The average Bonchev–Trinajstić information content (AvgIpc) is 2.24. The molecule has 0 unspecified atom stereocenters. The summed E-state index contributed by atoms with van der Waals surface area (Å²) in [5, 5.41) is 2.56. The molecule has 1 aromatic rings. The highest BCUT2D eigenvalue weighted by Gasteiger charge is 2.15. The van der Waals surface area contributed by atoms with Crippen molar-refractivity contribution >= 4 is 12.0 Å². The van der Waals surface area contributed by atoms with Crippen LogP contribution in [0.25, 0.3) is 0 Å². The van der Waals surface area contributed by atoms with Crippen molar-refractivity contribution in [2.45, 2.75) is 32.9 Å². The van der Waals surface area contributed by atoms with E-state index in [9.17, 15) is 9.59 Å². The molecule has 1 rings (SSSR count). The topological polar surface area (TPSA) is 94.3 Å². The molecule has 0 bridgehead atoms. The van der Waals surface area contributed by atoms with Gasteiger partial charge >= 0.3 is 6.09 Å². The highest BCUT2D eigenvalue weighted by atomic mass is 16.6. The van der Waals surface area contributed by atoms with E-state index in [1.807, 2.05) is 0 Å². The largest absolute Gasteiger partial charge is 0.444 e. The van der Waals surface area contributed by atoms with Gasteiger partial charge in [-0.2, -0.15) is 0 Å². The van der Waals surface area contributed by atoms with Crippen molar-refractivity contribution in [2.75, 3.05) is 0 Å². The van der Waals surface area contributed by atoms with Gasteiger partial charge in [0.25, 0.3) is 0 Å². The zero-order chi connectivity index (χ0) is 13.8. The number of ether oxygens (including phenoxy) is 1. The highest BCUT2D eigenvalue weighted by Crippen LogP contribution is 2.06. The molecule has 0 radical (unpaired) electrons. The molecule has 0 atom stereocenters. The second-order valence-corrected chi connectivity index (χ2v) is 4.76. The minimum absolute atomic E-state index is 0.230. The summed E-state index contributed by atoms with van der Waals surface area (Å²) in [6.45, 7) is 5.58. The van der Waals surface area contributed by atoms with Crippen LogP contribution in [0.15, 0.2) is 18.3 Å². The molecule has 0 fully saturated rings. The van der Waals surface area contributed by atoms with Gasteiger partial charge in [0.1, 0.15) is 5.60 Å². The Morgan fingerprint density at radius 3 is 2.50 bits per heavy atom. The maximum absolute atomic E-state index is 11.4. The summed E-state index contributed by atoms with van der Waals surface area (Å²) in [6, 6.07) is 3.18. The van der Waals surface area contributed by atoms with Gasteiger partial charge < -0.3 is 15.8 Å². The summed E-state index contributed by atoms with van der Waals surface area (Å²) in [5.74, 6) is -0.533. The number of alkyl carbamates (subject to hydrolysis) is 1. The van der Waals surface area contributed by atoms with Crippen LogP contribution in [0.2, 0.25) is 0 Å². The molecule has 0 saturated carbocycles. The Labute approximate surface area is 106 Å². The van der Waals surface area contributed by atoms with E-state index in [4.69, 9.17) is 10.5 Å². The predicted octanol–water partition coefficient (Wildman–Crippen LogP) is 1.21. The van der Waals surface area contributed by atoms with E-state index in [1.165, 1.54) is 6.20 Å². The van der Waals surface area contributed by atoms with Crippen molar-refractivity contribution in [3.05, 3.63) is 29.6 Å². The van der Waals surface area contributed by atoms with Crippen LogP contribution in [-0.2, 0) is 11.3 Å². The fourth-order valence-electron chi connectivity index (χ4n) is 1.15. The third-order valence-electron chi connectivity index (χ3n) is 1.92. The third kappa shape index (κ3) is 4.82. The molecule has 6 heteroatoms. The molecule has 6 nitrogen and oxygen atoms in total. The Hall–Kier alpha value is -2.11. The number of carbonyl (C=O) groups is 2. The van der Waals surface area contributed by atoms with Crippen LogP contribution in [0.5, 0.6) is 0 Å². The first-order valence-electron chi connectivity index (χ1n) is 5.49. The number of nitrogens with two attached hydrogens (primary N) is 1. The number of carbonyl (C=O) groups excluding carboxylic acids is 2. The Balaban J connectivity index is 2.49. The van der Waals surface area contributed by atoms with Gasteiger partial charge in [0.15, 0.2) is 0 Å². The first kappa shape index (κ1) is 14.0. The van der Waals surface area contributed by atoms with Crippen molar-refractivity contribution in [3.8, 4) is 0 Å². The van der Waals surface area contributed by atoms with Crippen molar-refractivity contribution in [2.24, 2.45) is 5.73 Å². The molecule has 1 heterocycles. The molecule has 98 valence electrons. The van der Waals surface area contributed by atoms with E-state index in [2.05, 4.69) is 10.3 Å². The van der Waals surface area contributed by atoms with Crippen LogP contribution in [0.3, 0.4) is 0 Å². The minimum Gasteiger partial charge on any atom is -0.444 e. The molecule has 2 amide bonds. The van der Waals surface area contributed by atoms with Gasteiger partial charge in [0, 0.05) is 6.20 Å². The molecule has 0 aromatic carbocycles. The van der Waals surface area contributed by atoms with E-state index in [0.717, 1.165) is 0 Å². The zero-order valence-corrected chi connectivity index (χ0v) is 10.7. The van der Waals surface area contributed by atoms with Gasteiger partial charge in [-0.05, 0) is 32.9 Å². The van der Waals surface area contributed by atoms with E-state index in [-0.39, 0.29) is 6.54 Å². The van der Waals surface area contributed by atoms with Crippen LogP contribution in [-0.4, -0.2) is 22.6 Å². The Morgan fingerprint density at radius 2 is 2.06 bits per heavy atom. The van der Waals surface area contributed by atoms with Gasteiger partial charge in [-0.15, -0.1) is 0 Å². The smallest absolute Gasteiger partial charge is 0.407 e. The van der Waals surface area contributed by atoms with E-state index in [0.29, 0.717) is 11.3 Å². The van der Waals surface area contributed by atoms with Crippen molar-refractivity contribution < 1.29 is 14.3 Å². The number of hydrogen-bond acceptors (Lipinski definition) is 4. The SMILES string of the molecule is CC(C)(C)OC(=O)NCc1ccc(C(N)=O)cn1. The maximum atomic E-state index is 11.4. The zero-order valence-electron chi connectivity index (χ0n) is 10.7. The normalized spacial score (nSPS) is 10.8. The molecule has 0 aliphatic rings. The number of nitrogens with one attached hydrogen (secondary N) is 1. The van der Waals surface area contributed by atoms with Gasteiger partial charge in [-0.25, -0.2) is 4.79 Å². The number of aromatic nitrogens is 1. The lowest BCUT2D eigenvalue weighted by molar-refractivity contribution is 0.0522. The highest BCUT2D eigenvalue weighted by molar-refractivity contribution is 5.92. The molecule has 0 aliphatic heterocycles. The van der Waals surface area contributed by atoms with E-state index in [1.54, 1.807) is 32.9 Å². The predicted molar refractivity (Wildman–Crippen MR) is 65.8 cm³/mol. The fourth-order valence-corrected chi connectivity index (χ4v) is 1.15. The van der Waals surface area contributed by atoms with Gasteiger partial charge in [0.2, 0.25) is 5.91 Å². The second-order valence-electron chi connectivity index (χ2n) is 4.76. The molecular weight excluding hydrogens is 234 g/mol. The minimum atomic E-state index is -0.534. The molecule has 18 heavy (non-hydrogen) atoms. The van der Waals surface area contributed by atoms with Crippen LogP contribution in [0, 0.1) is 0 Å². The summed E-state index contributed by atoms with van der Waals surface area (Å²) >= 11 is 0. The summed E-state index contributed by atoms with van der Waals surface area (Å²) in [6.07, 6.45) is 0.859. The summed E-state index contributed by atoms with van der Waals surface area (Å²) < 4.78 is 5.07. The number of pyridine rings is 1. The second kappa shape index (κ2) is 5.48. The lowest BCUT2D eigenvalue weighted by atomic mass is 10.2. The van der Waals surface area contributed by atoms with E-state index >= 15 is 0 Å². The van der Waals surface area contributed by atoms with Crippen LogP contribution >= 0.6 is 0 Å². The summed E-state index contributed by atoms with van der Waals surface area (Å²) in [5.41, 5.74) is 5.50. The first-order chi connectivity index (χ1) is 8.28. The van der Waals surface area contributed by atoms with Crippen LogP contribution < -0.4 is 11.1 Å². The molecule has 3 N–H and O–H groups in total. The monoisotopic (exact) mass is 251 g/mol. The lowest BCUT2D eigenvalue weighted by Crippen LogP contribution is -2.32. The van der Waals surface area contributed by atoms with Gasteiger partial charge in [0.05, 0.1) is 17.8 Å². The first-order valence-corrected chi connectivity index (χ1v) is 5.49. The molecular formula is C12H17N3O3. The Kier molecular flexibility index (Phi) is 4.25. The van der Waals surface area contributed by atoms with Crippen LogP contribution in [0.1, 0.15) is 36.8 Å². The average molecular weight is 251 g/mol. The third-order valence-corrected chi connectivity index (χ3v) is 1.92. The Bertz CT molecular complexity index is 435. The van der Waals surface area contributed by atoms with Gasteiger partial charge in [-0.3, -0.25) is 9.78 Å². The van der Waals surface area contributed by atoms with Crippen LogP contribution in [0.4, 0.5) is 4.79 Å². The number of rotatable bonds is 3. The lowest BCUT2D eigenvalue weighted by Gasteiger charge is -2.19. The van der Waals surface area contributed by atoms with Crippen molar-refractivity contribution in [3.63, 3.8) is 0 Å². The number of primary amides is 1. The number of amides is 2. The van der Waals surface area contributed by atoms with Crippen molar-refractivity contribution in [1.82, 2.24) is 10.3 Å². The fraction of sp³-hybridized carbons (Fsp3) is 0.417. The molecule has 0 aliphatic carbocycles.